The van der Waals surface area contributed by atoms with E-state index in [-0.39, 0.29) is 6.04 Å². The fourth-order valence-electron chi connectivity index (χ4n) is 2.14. The average molecular weight is 234 g/mol. The lowest BCUT2D eigenvalue weighted by Crippen LogP contribution is -2.36. The van der Waals surface area contributed by atoms with Crippen LogP contribution in [0.3, 0.4) is 0 Å². The van der Waals surface area contributed by atoms with E-state index in [0.717, 1.165) is 26.3 Å². The molecule has 0 aliphatic carbocycles. The molecule has 0 aromatic heterocycles. The first-order valence-corrected chi connectivity index (χ1v) is 6.36. The Morgan fingerprint density at radius 1 is 1.24 bits per heavy atom. The minimum atomic E-state index is 0.121. The minimum Gasteiger partial charge on any atom is -0.378 e. The fraction of sp³-hybridized carbons (Fsp3) is 0.571. The third-order valence-corrected chi connectivity index (χ3v) is 3.35. The smallest absolute Gasteiger partial charge is 0.0642 e. The van der Waals surface area contributed by atoms with Crippen LogP contribution in [0.25, 0.3) is 0 Å². The molecule has 2 rings (SSSR count). The Labute approximate surface area is 104 Å². The molecule has 0 spiro atoms. The zero-order valence-corrected chi connectivity index (χ0v) is 10.7. The molecule has 1 aromatic carbocycles. The molecule has 1 aliphatic rings. The molecule has 3 heteroatoms. The van der Waals surface area contributed by atoms with E-state index in [1.165, 1.54) is 11.3 Å². The first-order valence-electron chi connectivity index (χ1n) is 6.36. The van der Waals surface area contributed by atoms with E-state index in [0.29, 0.717) is 5.92 Å². The van der Waals surface area contributed by atoms with E-state index < -0.39 is 0 Å². The second-order valence-electron chi connectivity index (χ2n) is 4.96. The predicted molar refractivity (Wildman–Crippen MR) is 71.2 cm³/mol. The average Bonchev–Trinajstić information content (AvgIpc) is 2.39. The SMILES string of the molecule is CC(C)[C@H](N)c1cccc(N2CCOCC2)c1. The maximum absolute atomic E-state index is 6.19. The van der Waals surface area contributed by atoms with Crippen molar-refractivity contribution in [3.63, 3.8) is 0 Å². The molecule has 0 bridgehead atoms. The molecule has 17 heavy (non-hydrogen) atoms. The number of nitrogens with two attached hydrogens (primary N) is 1. The Morgan fingerprint density at radius 3 is 2.59 bits per heavy atom. The van der Waals surface area contributed by atoms with Crippen molar-refractivity contribution in [3.05, 3.63) is 29.8 Å². The number of hydrogen-bond donors (Lipinski definition) is 1. The van der Waals surface area contributed by atoms with Crippen molar-refractivity contribution in [2.45, 2.75) is 19.9 Å². The van der Waals surface area contributed by atoms with Gasteiger partial charge in [0, 0.05) is 24.8 Å². The van der Waals surface area contributed by atoms with Crippen LogP contribution in [0, 0.1) is 5.92 Å². The van der Waals surface area contributed by atoms with Crippen LogP contribution in [0.1, 0.15) is 25.5 Å². The zero-order chi connectivity index (χ0) is 12.3. The first kappa shape index (κ1) is 12.4. The largest absolute Gasteiger partial charge is 0.378 e. The highest BCUT2D eigenvalue weighted by atomic mass is 16.5. The van der Waals surface area contributed by atoms with Crippen LogP contribution in [0.4, 0.5) is 5.69 Å². The van der Waals surface area contributed by atoms with Crippen molar-refractivity contribution in [1.29, 1.82) is 0 Å². The summed E-state index contributed by atoms with van der Waals surface area (Å²) in [5.41, 5.74) is 8.68. The van der Waals surface area contributed by atoms with Gasteiger partial charge in [-0.05, 0) is 23.6 Å². The van der Waals surface area contributed by atoms with Gasteiger partial charge in [-0.2, -0.15) is 0 Å². The van der Waals surface area contributed by atoms with Crippen molar-refractivity contribution in [2.24, 2.45) is 11.7 Å². The molecule has 1 aromatic rings. The van der Waals surface area contributed by atoms with Crippen molar-refractivity contribution in [1.82, 2.24) is 0 Å². The molecule has 0 saturated carbocycles. The van der Waals surface area contributed by atoms with Gasteiger partial charge in [-0.1, -0.05) is 26.0 Å². The van der Waals surface area contributed by atoms with Crippen molar-refractivity contribution >= 4 is 5.69 Å². The number of nitrogens with zero attached hydrogens (tertiary/aromatic N) is 1. The number of hydrogen-bond acceptors (Lipinski definition) is 3. The van der Waals surface area contributed by atoms with Gasteiger partial charge < -0.3 is 15.4 Å². The van der Waals surface area contributed by atoms with Crippen LogP contribution in [0.5, 0.6) is 0 Å². The van der Waals surface area contributed by atoms with Gasteiger partial charge in [0.25, 0.3) is 0 Å². The Bertz CT molecular complexity index is 359. The van der Waals surface area contributed by atoms with Gasteiger partial charge >= 0.3 is 0 Å². The summed E-state index contributed by atoms with van der Waals surface area (Å²) in [6.45, 7) is 7.90. The zero-order valence-electron chi connectivity index (χ0n) is 10.7. The van der Waals surface area contributed by atoms with Crippen molar-refractivity contribution < 1.29 is 4.74 Å². The van der Waals surface area contributed by atoms with Crippen LogP contribution >= 0.6 is 0 Å². The molecule has 2 N–H and O–H groups in total. The van der Waals surface area contributed by atoms with Gasteiger partial charge in [0.1, 0.15) is 0 Å². The normalized spacial score (nSPS) is 18.5. The molecule has 0 unspecified atom stereocenters. The second-order valence-corrected chi connectivity index (χ2v) is 4.96. The lowest BCUT2D eigenvalue weighted by Gasteiger charge is -2.29. The Hall–Kier alpha value is -1.06. The summed E-state index contributed by atoms with van der Waals surface area (Å²) >= 11 is 0. The summed E-state index contributed by atoms with van der Waals surface area (Å²) in [6.07, 6.45) is 0. The van der Waals surface area contributed by atoms with E-state index in [2.05, 4.69) is 43.0 Å². The summed E-state index contributed by atoms with van der Waals surface area (Å²) in [4.78, 5) is 2.36. The van der Waals surface area contributed by atoms with Gasteiger partial charge in [-0.25, -0.2) is 0 Å². The summed E-state index contributed by atoms with van der Waals surface area (Å²) in [7, 11) is 0. The number of benzene rings is 1. The monoisotopic (exact) mass is 234 g/mol. The Balaban J connectivity index is 2.15. The minimum absolute atomic E-state index is 0.121. The number of ether oxygens (including phenoxy) is 1. The van der Waals surface area contributed by atoms with Crippen LogP contribution in [0.2, 0.25) is 0 Å². The van der Waals surface area contributed by atoms with Crippen molar-refractivity contribution in [3.8, 4) is 0 Å². The molecular formula is C14H22N2O. The van der Waals surface area contributed by atoms with E-state index in [4.69, 9.17) is 10.5 Å². The highest BCUT2D eigenvalue weighted by Gasteiger charge is 2.14. The van der Waals surface area contributed by atoms with Crippen molar-refractivity contribution in [2.75, 3.05) is 31.2 Å². The molecule has 1 aliphatic heterocycles. The van der Waals surface area contributed by atoms with Crippen LogP contribution < -0.4 is 10.6 Å². The highest BCUT2D eigenvalue weighted by molar-refractivity contribution is 5.49. The molecule has 94 valence electrons. The summed E-state index contributed by atoms with van der Waals surface area (Å²) in [5, 5.41) is 0. The maximum atomic E-state index is 6.19. The molecule has 1 saturated heterocycles. The number of morpholine rings is 1. The Morgan fingerprint density at radius 2 is 1.94 bits per heavy atom. The molecule has 0 amide bonds. The predicted octanol–water partition coefficient (Wildman–Crippen LogP) is 2.18. The van der Waals surface area contributed by atoms with Crippen LogP contribution in [-0.2, 0) is 4.74 Å². The molecule has 1 atom stereocenters. The highest BCUT2D eigenvalue weighted by Crippen LogP contribution is 2.24. The van der Waals surface area contributed by atoms with E-state index >= 15 is 0 Å². The maximum Gasteiger partial charge on any atom is 0.0642 e. The third-order valence-electron chi connectivity index (χ3n) is 3.35. The summed E-state index contributed by atoms with van der Waals surface area (Å²) in [5.74, 6) is 0.468. The lowest BCUT2D eigenvalue weighted by molar-refractivity contribution is 0.122. The molecule has 3 nitrogen and oxygen atoms in total. The number of anilines is 1. The van der Waals surface area contributed by atoms with Crippen LogP contribution in [0.15, 0.2) is 24.3 Å². The van der Waals surface area contributed by atoms with Gasteiger partial charge in [-0.3, -0.25) is 0 Å². The lowest BCUT2D eigenvalue weighted by atomic mass is 9.96. The third kappa shape index (κ3) is 2.99. The molecule has 0 radical (unpaired) electrons. The Kier molecular flexibility index (Phi) is 4.02. The molecular weight excluding hydrogens is 212 g/mol. The quantitative estimate of drug-likeness (QED) is 0.871. The van der Waals surface area contributed by atoms with Crippen LogP contribution in [-0.4, -0.2) is 26.3 Å². The summed E-state index contributed by atoms with van der Waals surface area (Å²) < 4.78 is 5.37. The van der Waals surface area contributed by atoms with E-state index in [9.17, 15) is 0 Å². The van der Waals surface area contributed by atoms with E-state index in [1.54, 1.807) is 0 Å². The standard InChI is InChI=1S/C14H22N2O/c1-11(2)14(15)12-4-3-5-13(10-12)16-6-8-17-9-7-16/h3-5,10-11,14H,6-9,15H2,1-2H3/t14-/m0/s1. The van der Waals surface area contributed by atoms with E-state index in [1.807, 2.05) is 0 Å². The number of rotatable bonds is 3. The topological polar surface area (TPSA) is 38.5 Å². The second kappa shape index (κ2) is 5.52. The fourth-order valence-corrected chi connectivity index (χ4v) is 2.14. The molecule has 1 heterocycles. The summed E-state index contributed by atoms with van der Waals surface area (Å²) in [6, 6.07) is 8.71. The van der Waals surface area contributed by atoms with Gasteiger partial charge in [0.05, 0.1) is 13.2 Å². The van der Waals surface area contributed by atoms with Gasteiger partial charge in [0.15, 0.2) is 0 Å². The first-order chi connectivity index (χ1) is 8.18. The van der Waals surface area contributed by atoms with Gasteiger partial charge in [-0.15, -0.1) is 0 Å². The van der Waals surface area contributed by atoms with Gasteiger partial charge in [0.2, 0.25) is 0 Å². The molecule has 1 fully saturated rings.